The number of halogens is 1. The van der Waals surface area contributed by atoms with Crippen molar-refractivity contribution in [3.8, 4) is 0 Å². The van der Waals surface area contributed by atoms with Crippen LogP contribution in [0.1, 0.15) is 20.7 Å². The van der Waals surface area contributed by atoms with Crippen molar-refractivity contribution in [2.24, 2.45) is 0 Å². The molecule has 0 saturated carbocycles. The van der Waals surface area contributed by atoms with E-state index < -0.39 is 11.9 Å². The van der Waals surface area contributed by atoms with Crippen molar-refractivity contribution in [1.82, 2.24) is 0 Å². The van der Waals surface area contributed by atoms with Gasteiger partial charge in [0, 0.05) is 4.08 Å². The Hall–Kier alpha value is -1.63. The average Bonchev–Trinajstić information content (AvgIpc) is 2.36. The van der Waals surface area contributed by atoms with Crippen LogP contribution in [0.2, 0.25) is 0 Å². The molecule has 0 bridgehead atoms. The molecule has 17 heavy (non-hydrogen) atoms. The third-order valence-electron chi connectivity index (χ3n) is 1.78. The fourth-order valence-corrected chi connectivity index (χ4v) is 1.28. The first-order valence-electron chi connectivity index (χ1n) is 4.58. The van der Waals surface area contributed by atoms with Crippen LogP contribution < -0.4 is 0 Å². The van der Waals surface area contributed by atoms with E-state index in [1.807, 2.05) is 22.6 Å². The van der Waals surface area contributed by atoms with Crippen LogP contribution in [0.15, 0.2) is 47.5 Å². The number of hydrogen-bond acceptors (Lipinski definition) is 4. The summed E-state index contributed by atoms with van der Waals surface area (Å²) < 4.78 is 10.9. The number of carbonyl (C=O) groups excluding carboxylic acids is 2. The lowest BCUT2D eigenvalue weighted by Gasteiger charge is -2.05. The highest BCUT2D eigenvalue weighted by Crippen LogP contribution is 2.12. The molecule has 0 aliphatic carbocycles. The predicted octanol–water partition coefficient (Wildman–Crippen LogP) is 3.05. The molecule has 0 amide bonds. The van der Waals surface area contributed by atoms with Crippen molar-refractivity contribution in [3.05, 3.63) is 58.6 Å². The number of carbonyl (C=O) groups is 2. The van der Waals surface area contributed by atoms with Crippen LogP contribution in [0.5, 0.6) is 0 Å². The fraction of sp³-hybridized carbons (Fsp3) is 0. The molecule has 5 heteroatoms. The van der Waals surface area contributed by atoms with E-state index in [2.05, 4.69) is 11.3 Å². The molecule has 0 unspecified atom stereocenters. The first-order chi connectivity index (χ1) is 8.20. The molecule has 0 radical (unpaired) electrons. The van der Waals surface area contributed by atoms with Gasteiger partial charge in [0.1, 0.15) is 6.26 Å². The number of hydrogen-bond donors (Lipinski definition) is 0. The summed E-state index contributed by atoms with van der Waals surface area (Å²) in [4.78, 5) is 23.1. The summed E-state index contributed by atoms with van der Waals surface area (Å²) in [6.07, 6.45) is 2.24. The normalized spacial score (nSPS) is 9.94. The first-order valence-corrected chi connectivity index (χ1v) is 5.82. The molecule has 0 heterocycles. The second-order valence-corrected chi connectivity index (χ2v) is 3.50. The van der Waals surface area contributed by atoms with Crippen molar-refractivity contribution >= 4 is 34.5 Å². The van der Waals surface area contributed by atoms with E-state index in [1.165, 1.54) is 18.4 Å². The molecule has 0 fully saturated rings. The van der Waals surface area contributed by atoms with Gasteiger partial charge in [-0.3, -0.25) is 0 Å². The summed E-state index contributed by atoms with van der Waals surface area (Å²) in [5.41, 5.74) is 0.285. The lowest BCUT2D eigenvalue weighted by Crippen LogP contribution is -2.10. The summed E-state index contributed by atoms with van der Waals surface area (Å²) in [5.74, 6) is -1.26. The number of esters is 2. The summed E-state index contributed by atoms with van der Waals surface area (Å²) in [6.45, 7) is 3.28. The molecule has 0 N–H and O–H groups in total. The predicted molar refractivity (Wildman–Crippen MR) is 70.6 cm³/mol. The Morgan fingerprint density at radius 3 is 2.12 bits per heavy atom. The lowest BCUT2D eigenvalue weighted by atomic mass is 10.1. The quantitative estimate of drug-likeness (QED) is 0.479. The summed E-state index contributed by atoms with van der Waals surface area (Å²) in [6, 6.07) is 6.24. The third-order valence-corrected chi connectivity index (χ3v) is 2.08. The van der Waals surface area contributed by atoms with E-state index in [1.54, 1.807) is 16.2 Å². The Bertz CT molecular complexity index is 465. The highest BCUT2D eigenvalue weighted by Gasteiger charge is 2.17. The standard InChI is InChI=1S/C12H9IO4/c1-2-16-11(14)9-5-3-4-6-10(9)12(15)17-8-7-13/h2-8H,1H2. The molecule has 0 aliphatic heterocycles. The van der Waals surface area contributed by atoms with Crippen molar-refractivity contribution < 1.29 is 19.1 Å². The molecular formula is C12H9IO4. The maximum atomic E-state index is 11.6. The first kappa shape index (κ1) is 13.4. The van der Waals surface area contributed by atoms with Crippen LogP contribution in [-0.2, 0) is 9.47 Å². The van der Waals surface area contributed by atoms with Crippen molar-refractivity contribution in [2.75, 3.05) is 0 Å². The Morgan fingerprint density at radius 2 is 1.65 bits per heavy atom. The molecular weight excluding hydrogens is 335 g/mol. The van der Waals surface area contributed by atoms with Crippen LogP contribution in [0.4, 0.5) is 0 Å². The Morgan fingerprint density at radius 1 is 1.12 bits per heavy atom. The second kappa shape index (κ2) is 6.85. The number of rotatable bonds is 4. The topological polar surface area (TPSA) is 52.6 Å². The minimum atomic E-state index is -0.647. The minimum Gasteiger partial charge on any atom is -0.432 e. The van der Waals surface area contributed by atoms with Gasteiger partial charge in [-0.15, -0.1) is 0 Å². The van der Waals surface area contributed by atoms with E-state index in [9.17, 15) is 9.59 Å². The lowest BCUT2D eigenvalue weighted by molar-refractivity contribution is 0.0619. The van der Waals surface area contributed by atoms with E-state index >= 15 is 0 Å². The molecule has 88 valence electrons. The molecule has 0 saturated heterocycles. The van der Waals surface area contributed by atoms with Gasteiger partial charge in [0.25, 0.3) is 0 Å². The molecule has 0 spiro atoms. The Kier molecular flexibility index (Phi) is 5.41. The summed E-state index contributed by atoms with van der Waals surface area (Å²) in [7, 11) is 0. The molecule has 1 aromatic rings. The molecule has 1 rings (SSSR count). The van der Waals surface area contributed by atoms with Crippen LogP contribution in [0.3, 0.4) is 0 Å². The highest BCUT2D eigenvalue weighted by molar-refractivity contribution is 14.1. The zero-order chi connectivity index (χ0) is 12.7. The molecule has 1 aromatic carbocycles. The van der Waals surface area contributed by atoms with Crippen LogP contribution in [-0.4, -0.2) is 11.9 Å². The van der Waals surface area contributed by atoms with Gasteiger partial charge in [0.05, 0.1) is 17.4 Å². The van der Waals surface area contributed by atoms with Gasteiger partial charge >= 0.3 is 11.9 Å². The van der Waals surface area contributed by atoms with Crippen molar-refractivity contribution in [3.63, 3.8) is 0 Å². The molecule has 0 atom stereocenters. The van der Waals surface area contributed by atoms with Gasteiger partial charge in [0.2, 0.25) is 0 Å². The largest absolute Gasteiger partial charge is 0.432 e. The van der Waals surface area contributed by atoms with Crippen molar-refractivity contribution in [1.29, 1.82) is 0 Å². The second-order valence-electron chi connectivity index (χ2n) is 2.78. The smallest absolute Gasteiger partial charge is 0.343 e. The van der Waals surface area contributed by atoms with Gasteiger partial charge in [-0.1, -0.05) is 18.7 Å². The zero-order valence-corrected chi connectivity index (χ0v) is 10.9. The minimum absolute atomic E-state index is 0.138. The molecule has 0 aliphatic rings. The number of ether oxygens (including phenoxy) is 2. The maximum Gasteiger partial charge on any atom is 0.343 e. The van der Waals surface area contributed by atoms with Gasteiger partial charge in [-0.05, 0) is 34.7 Å². The molecule has 4 nitrogen and oxygen atoms in total. The van der Waals surface area contributed by atoms with Crippen molar-refractivity contribution in [2.45, 2.75) is 0 Å². The van der Waals surface area contributed by atoms with Crippen LogP contribution >= 0.6 is 22.6 Å². The van der Waals surface area contributed by atoms with Gasteiger partial charge in [0.15, 0.2) is 0 Å². The van der Waals surface area contributed by atoms with E-state index in [4.69, 9.17) is 4.74 Å². The third kappa shape index (κ3) is 3.70. The van der Waals surface area contributed by atoms with Gasteiger partial charge in [-0.25, -0.2) is 9.59 Å². The zero-order valence-electron chi connectivity index (χ0n) is 8.76. The van der Waals surface area contributed by atoms with E-state index in [0.29, 0.717) is 0 Å². The van der Waals surface area contributed by atoms with E-state index in [-0.39, 0.29) is 11.1 Å². The van der Waals surface area contributed by atoms with Crippen LogP contribution in [0.25, 0.3) is 0 Å². The fourth-order valence-electron chi connectivity index (χ4n) is 1.13. The maximum absolute atomic E-state index is 11.6. The van der Waals surface area contributed by atoms with E-state index in [0.717, 1.165) is 6.26 Å². The van der Waals surface area contributed by atoms with Crippen LogP contribution in [0, 0.1) is 0 Å². The number of benzene rings is 1. The highest BCUT2D eigenvalue weighted by atomic mass is 127. The summed E-state index contributed by atoms with van der Waals surface area (Å²) in [5, 5.41) is 0. The Balaban J connectivity index is 3.02. The van der Waals surface area contributed by atoms with Gasteiger partial charge < -0.3 is 9.47 Å². The molecule has 0 aromatic heterocycles. The van der Waals surface area contributed by atoms with Gasteiger partial charge in [-0.2, -0.15) is 0 Å². The Labute approximate surface area is 112 Å². The SMILES string of the molecule is C=COC(=O)c1ccccc1C(=O)OC=CI. The summed E-state index contributed by atoms with van der Waals surface area (Å²) >= 11 is 1.91. The average molecular weight is 344 g/mol. The monoisotopic (exact) mass is 344 g/mol.